The highest BCUT2D eigenvalue weighted by Gasteiger charge is 2.31. The Labute approximate surface area is 129 Å². The Morgan fingerprint density at radius 2 is 1.57 bits per heavy atom. The summed E-state index contributed by atoms with van der Waals surface area (Å²) in [6, 6.07) is -0.375. The predicted octanol–water partition coefficient (Wildman–Crippen LogP) is 0.456. The fourth-order valence-electron chi connectivity index (χ4n) is 3.80. The van der Waals surface area contributed by atoms with Gasteiger partial charge < -0.3 is 20.4 Å². The molecule has 1 amide bonds. The summed E-state index contributed by atoms with van der Waals surface area (Å²) < 4.78 is 0. The molecule has 122 valence electrons. The van der Waals surface area contributed by atoms with Gasteiger partial charge in [0.25, 0.3) is 0 Å². The maximum absolute atomic E-state index is 12.3. The molecule has 2 aliphatic rings. The van der Waals surface area contributed by atoms with Crippen LogP contribution in [0.3, 0.4) is 0 Å². The number of hydrogen-bond acceptors (Lipinski definition) is 4. The predicted molar refractivity (Wildman–Crippen MR) is 86.1 cm³/mol. The van der Waals surface area contributed by atoms with E-state index in [2.05, 4.69) is 11.9 Å². The van der Waals surface area contributed by atoms with E-state index in [0.29, 0.717) is 6.54 Å². The van der Waals surface area contributed by atoms with Crippen LogP contribution in [-0.4, -0.2) is 80.5 Å². The van der Waals surface area contributed by atoms with Crippen LogP contribution < -0.4 is 5.73 Å². The number of nitrogens with zero attached hydrogens (tertiary/aromatic N) is 3. The van der Waals surface area contributed by atoms with Crippen molar-refractivity contribution in [1.29, 1.82) is 0 Å². The summed E-state index contributed by atoms with van der Waals surface area (Å²) in [7, 11) is 6.13. The number of carbonyl (C=O) groups is 1. The van der Waals surface area contributed by atoms with Crippen molar-refractivity contribution in [3.63, 3.8) is 0 Å². The van der Waals surface area contributed by atoms with Gasteiger partial charge in [-0.15, -0.1) is 0 Å². The van der Waals surface area contributed by atoms with Crippen molar-refractivity contribution in [2.24, 2.45) is 17.6 Å². The minimum Gasteiger partial charge on any atom is -0.341 e. The average Bonchev–Trinajstić information content (AvgIpc) is 2.47. The topological polar surface area (TPSA) is 52.8 Å². The van der Waals surface area contributed by atoms with Gasteiger partial charge in [0.2, 0.25) is 5.91 Å². The van der Waals surface area contributed by atoms with Crippen LogP contribution in [0.25, 0.3) is 0 Å². The van der Waals surface area contributed by atoms with E-state index >= 15 is 0 Å². The van der Waals surface area contributed by atoms with E-state index in [4.69, 9.17) is 5.73 Å². The van der Waals surface area contributed by atoms with Crippen LogP contribution in [0, 0.1) is 11.8 Å². The molecule has 0 radical (unpaired) electrons. The second-order valence-electron chi connectivity index (χ2n) is 7.17. The van der Waals surface area contributed by atoms with E-state index < -0.39 is 0 Å². The Morgan fingerprint density at radius 1 is 1.10 bits per heavy atom. The summed E-state index contributed by atoms with van der Waals surface area (Å²) in [5.41, 5.74) is 6.00. The third kappa shape index (κ3) is 4.66. The van der Waals surface area contributed by atoms with Crippen LogP contribution >= 0.6 is 0 Å². The van der Waals surface area contributed by atoms with Crippen LogP contribution in [0.1, 0.15) is 25.7 Å². The molecule has 5 heteroatoms. The number of rotatable bonds is 4. The highest BCUT2D eigenvalue weighted by Crippen LogP contribution is 2.32. The van der Waals surface area contributed by atoms with Crippen molar-refractivity contribution >= 4 is 5.91 Å². The van der Waals surface area contributed by atoms with E-state index in [1.807, 2.05) is 23.9 Å². The Kier molecular flexibility index (Phi) is 6.02. The summed E-state index contributed by atoms with van der Waals surface area (Å²) in [6.07, 6.45) is 4.98. The molecule has 0 aliphatic carbocycles. The first-order chi connectivity index (χ1) is 9.97. The molecule has 0 aromatic rings. The number of piperidine rings is 2. The second-order valence-corrected chi connectivity index (χ2v) is 7.17. The standard InChI is InChI=1S/C16H32N4O/c1-18(2)12-15(17)16(21)20-10-6-14(7-11-20)13-4-8-19(3)9-5-13/h13-15H,4-12,17H2,1-3H3/t15-/m1/s1. The van der Waals surface area contributed by atoms with Crippen LogP contribution in [0.5, 0.6) is 0 Å². The first-order valence-electron chi connectivity index (χ1n) is 8.35. The fraction of sp³-hybridized carbons (Fsp3) is 0.938. The highest BCUT2D eigenvalue weighted by molar-refractivity contribution is 5.82. The van der Waals surface area contributed by atoms with E-state index in [9.17, 15) is 4.79 Å². The molecule has 2 N–H and O–H groups in total. The molecule has 2 heterocycles. The van der Waals surface area contributed by atoms with Crippen molar-refractivity contribution in [2.75, 3.05) is 53.9 Å². The van der Waals surface area contributed by atoms with E-state index in [-0.39, 0.29) is 11.9 Å². The molecule has 5 nitrogen and oxygen atoms in total. The minimum atomic E-state index is -0.375. The summed E-state index contributed by atoms with van der Waals surface area (Å²) in [5, 5.41) is 0. The first-order valence-corrected chi connectivity index (χ1v) is 8.35. The zero-order valence-electron chi connectivity index (χ0n) is 13.9. The largest absolute Gasteiger partial charge is 0.341 e. The van der Waals surface area contributed by atoms with Crippen molar-refractivity contribution < 1.29 is 4.79 Å². The highest BCUT2D eigenvalue weighted by atomic mass is 16.2. The number of carbonyl (C=O) groups excluding carboxylic acids is 1. The number of hydrogen-bond donors (Lipinski definition) is 1. The van der Waals surface area contributed by atoms with E-state index in [0.717, 1.165) is 37.8 Å². The Hall–Kier alpha value is -0.650. The number of likely N-dealkylation sites (tertiary alicyclic amines) is 2. The summed E-state index contributed by atoms with van der Waals surface area (Å²) >= 11 is 0. The van der Waals surface area contributed by atoms with E-state index in [1.165, 1.54) is 25.9 Å². The third-order valence-corrected chi connectivity index (χ3v) is 5.16. The fourth-order valence-corrected chi connectivity index (χ4v) is 3.80. The van der Waals surface area contributed by atoms with Gasteiger partial charge in [0, 0.05) is 19.6 Å². The Bertz CT molecular complexity index is 331. The van der Waals surface area contributed by atoms with Gasteiger partial charge in [0.15, 0.2) is 0 Å². The maximum atomic E-state index is 12.3. The van der Waals surface area contributed by atoms with Gasteiger partial charge in [0.05, 0.1) is 6.04 Å². The quantitative estimate of drug-likeness (QED) is 0.819. The molecular formula is C16H32N4O. The van der Waals surface area contributed by atoms with Gasteiger partial charge in [0.1, 0.15) is 0 Å². The van der Waals surface area contributed by atoms with Crippen molar-refractivity contribution in [1.82, 2.24) is 14.7 Å². The minimum absolute atomic E-state index is 0.130. The molecule has 0 spiro atoms. The van der Waals surface area contributed by atoms with Gasteiger partial charge in [-0.05, 0) is 71.8 Å². The molecule has 0 bridgehead atoms. The van der Waals surface area contributed by atoms with Gasteiger partial charge in [-0.2, -0.15) is 0 Å². The lowest BCUT2D eigenvalue weighted by atomic mass is 9.79. The van der Waals surface area contributed by atoms with Crippen LogP contribution in [-0.2, 0) is 4.79 Å². The average molecular weight is 296 g/mol. The van der Waals surface area contributed by atoms with Gasteiger partial charge in [-0.1, -0.05) is 0 Å². The molecule has 0 unspecified atom stereocenters. The second kappa shape index (κ2) is 7.56. The lowest BCUT2D eigenvalue weighted by molar-refractivity contribution is -0.134. The lowest BCUT2D eigenvalue weighted by Crippen LogP contribution is -2.51. The Balaban J connectivity index is 1.76. The van der Waals surface area contributed by atoms with Gasteiger partial charge >= 0.3 is 0 Å². The third-order valence-electron chi connectivity index (χ3n) is 5.16. The molecule has 0 saturated carbocycles. The molecule has 0 aromatic carbocycles. The first kappa shape index (κ1) is 16.7. The van der Waals surface area contributed by atoms with Gasteiger partial charge in [-0.3, -0.25) is 4.79 Å². The number of likely N-dealkylation sites (N-methyl/N-ethyl adjacent to an activating group) is 1. The smallest absolute Gasteiger partial charge is 0.240 e. The monoisotopic (exact) mass is 296 g/mol. The molecule has 2 aliphatic heterocycles. The molecule has 2 saturated heterocycles. The SMILES string of the molecule is CN(C)C[C@@H](N)C(=O)N1CCC(C2CCN(C)CC2)CC1. The molecular weight excluding hydrogens is 264 g/mol. The van der Waals surface area contributed by atoms with Crippen LogP contribution in [0.2, 0.25) is 0 Å². The van der Waals surface area contributed by atoms with E-state index in [1.54, 1.807) is 0 Å². The van der Waals surface area contributed by atoms with Crippen molar-refractivity contribution in [2.45, 2.75) is 31.7 Å². The summed E-state index contributed by atoms with van der Waals surface area (Å²) in [4.78, 5) is 18.7. The molecule has 1 atom stereocenters. The molecule has 21 heavy (non-hydrogen) atoms. The van der Waals surface area contributed by atoms with Crippen molar-refractivity contribution in [3.8, 4) is 0 Å². The zero-order valence-corrected chi connectivity index (χ0v) is 13.9. The molecule has 0 aromatic heterocycles. The Morgan fingerprint density at radius 3 is 2.05 bits per heavy atom. The van der Waals surface area contributed by atoms with Crippen LogP contribution in [0.15, 0.2) is 0 Å². The van der Waals surface area contributed by atoms with Gasteiger partial charge in [-0.25, -0.2) is 0 Å². The maximum Gasteiger partial charge on any atom is 0.240 e. The summed E-state index contributed by atoms with van der Waals surface area (Å²) in [5.74, 6) is 1.81. The van der Waals surface area contributed by atoms with Crippen LogP contribution in [0.4, 0.5) is 0 Å². The van der Waals surface area contributed by atoms with Crippen molar-refractivity contribution in [3.05, 3.63) is 0 Å². The number of nitrogens with two attached hydrogens (primary N) is 1. The summed E-state index contributed by atoms with van der Waals surface area (Å²) in [6.45, 7) is 4.90. The normalized spacial score (nSPS) is 24.5. The molecule has 2 rings (SSSR count). The zero-order chi connectivity index (χ0) is 15.4. The molecule has 2 fully saturated rings. The number of amides is 1. The lowest BCUT2D eigenvalue weighted by Gasteiger charge is -2.40.